The van der Waals surface area contributed by atoms with E-state index in [1.807, 2.05) is 6.92 Å². The van der Waals surface area contributed by atoms with Crippen molar-refractivity contribution >= 4 is 11.4 Å². The van der Waals surface area contributed by atoms with Crippen LogP contribution in [-0.4, -0.2) is 25.5 Å². The van der Waals surface area contributed by atoms with Gasteiger partial charge in [-0.3, -0.25) is 9.98 Å². The Kier molecular flexibility index (Phi) is 4.23. The molecule has 0 fully saturated rings. The number of aliphatic imine (C=N–C) groups is 2. The molecule has 2 heteroatoms. The maximum Gasteiger partial charge on any atom is 0.128 e. The third-order valence-electron chi connectivity index (χ3n) is 1.15. The van der Waals surface area contributed by atoms with E-state index in [1.54, 1.807) is 21.0 Å². The standard InChI is InChI=1S/C8H12N2/c1-5-6-8(10-4)7(2)9-3/h1-4H3. The number of nitrogens with zero attached hydrogens (tertiary/aromatic N) is 2. The monoisotopic (exact) mass is 136 g/mol. The second kappa shape index (κ2) is 4.75. The van der Waals surface area contributed by atoms with Crippen molar-refractivity contribution in [3.8, 4) is 11.8 Å². The Hall–Kier alpha value is -1.10. The van der Waals surface area contributed by atoms with Gasteiger partial charge >= 0.3 is 0 Å². The van der Waals surface area contributed by atoms with Crippen LogP contribution in [0, 0.1) is 11.8 Å². The van der Waals surface area contributed by atoms with Gasteiger partial charge in [-0.2, -0.15) is 0 Å². The number of hydrogen-bond acceptors (Lipinski definition) is 2. The van der Waals surface area contributed by atoms with Crippen molar-refractivity contribution in [3.63, 3.8) is 0 Å². The third kappa shape index (κ3) is 2.45. The van der Waals surface area contributed by atoms with Gasteiger partial charge in [0.25, 0.3) is 0 Å². The Balaban J connectivity index is 4.50. The summed E-state index contributed by atoms with van der Waals surface area (Å²) < 4.78 is 0. The fraction of sp³-hybridized carbons (Fsp3) is 0.500. The van der Waals surface area contributed by atoms with Crippen molar-refractivity contribution in [3.05, 3.63) is 0 Å². The van der Waals surface area contributed by atoms with E-state index in [2.05, 4.69) is 21.8 Å². The molecule has 0 radical (unpaired) electrons. The molecule has 10 heavy (non-hydrogen) atoms. The normalized spacial score (nSPS) is 12.4. The molecular weight excluding hydrogens is 124 g/mol. The summed E-state index contributed by atoms with van der Waals surface area (Å²) in [5, 5.41) is 0. The fourth-order valence-electron chi connectivity index (χ4n) is 0.532. The Morgan fingerprint density at radius 1 is 1.20 bits per heavy atom. The Labute approximate surface area is 62.1 Å². The maximum absolute atomic E-state index is 3.96. The molecule has 0 bridgehead atoms. The van der Waals surface area contributed by atoms with E-state index in [0.717, 1.165) is 11.4 Å². The molecule has 0 aromatic heterocycles. The van der Waals surface area contributed by atoms with Crippen LogP contribution in [0.5, 0.6) is 0 Å². The third-order valence-corrected chi connectivity index (χ3v) is 1.15. The predicted molar refractivity (Wildman–Crippen MR) is 45.8 cm³/mol. The molecule has 0 spiro atoms. The Bertz CT molecular complexity index is 213. The topological polar surface area (TPSA) is 24.7 Å². The van der Waals surface area contributed by atoms with Crippen LogP contribution >= 0.6 is 0 Å². The minimum Gasteiger partial charge on any atom is -0.290 e. The van der Waals surface area contributed by atoms with Crippen LogP contribution in [0.4, 0.5) is 0 Å². The van der Waals surface area contributed by atoms with Crippen LogP contribution < -0.4 is 0 Å². The largest absolute Gasteiger partial charge is 0.290 e. The molecule has 2 nitrogen and oxygen atoms in total. The van der Waals surface area contributed by atoms with E-state index in [4.69, 9.17) is 0 Å². The average Bonchev–Trinajstić information content (AvgIpc) is 1.99. The lowest BCUT2D eigenvalue weighted by Crippen LogP contribution is -2.06. The lowest BCUT2D eigenvalue weighted by atomic mass is 10.2. The highest BCUT2D eigenvalue weighted by Crippen LogP contribution is 1.81. The molecule has 0 unspecified atom stereocenters. The molecule has 0 amide bonds. The molecule has 0 saturated carbocycles. The summed E-state index contributed by atoms with van der Waals surface area (Å²) in [6, 6.07) is 0. The SMILES string of the molecule is CC#CC(=NC)C(C)=NC. The minimum absolute atomic E-state index is 0.769. The van der Waals surface area contributed by atoms with Crippen LogP contribution in [0.25, 0.3) is 0 Å². The molecule has 0 atom stereocenters. The van der Waals surface area contributed by atoms with Crippen LogP contribution in [0.2, 0.25) is 0 Å². The highest BCUT2D eigenvalue weighted by molar-refractivity contribution is 6.47. The van der Waals surface area contributed by atoms with Gasteiger partial charge in [-0.1, -0.05) is 5.92 Å². The van der Waals surface area contributed by atoms with E-state index in [1.165, 1.54) is 0 Å². The van der Waals surface area contributed by atoms with Crippen LogP contribution in [-0.2, 0) is 0 Å². The van der Waals surface area contributed by atoms with Crippen molar-refractivity contribution in [2.24, 2.45) is 9.98 Å². The molecule has 0 aliphatic rings. The van der Waals surface area contributed by atoms with Crippen LogP contribution in [0.3, 0.4) is 0 Å². The first-order valence-corrected chi connectivity index (χ1v) is 3.09. The number of hydrogen-bond donors (Lipinski definition) is 0. The van der Waals surface area contributed by atoms with E-state index < -0.39 is 0 Å². The van der Waals surface area contributed by atoms with Gasteiger partial charge in [0.05, 0.1) is 5.71 Å². The van der Waals surface area contributed by atoms with Crippen LogP contribution in [0.1, 0.15) is 13.8 Å². The molecule has 0 saturated heterocycles. The lowest BCUT2D eigenvalue weighted by molar-refractivity contribution is 1.42. The van der Waals surface area contributed by atoms with Gasteiger partial charge in [0.15, 0.2) is 0 Å². The number of rotatable bonds is 1. The Morgan fingerprint density at radius 3 is 2.10 bits per heavy atom. The molecule has 0 aliphatic heterocycles. The first kappa shape index (κ1) is 8.90. The summed E-state index contributed by atoms with van der Waals surface area (Å²) in [5.41, 5.74) is 1.65. The van der Waals surface area contributed by atoms with Crippen molar-refractivity contribution in [1.29, 1.82) is 0 Å². The molecule has 0 rings (SSSR count). The second-order valence-electron chi connectivity index (χ2n) is 1.76. The summed E-state index contributed by atoms with van der Waals surface area (Å²) in [6.07, 6.45) is 0. The summed E-state index contributed by atoms with van der Waals surface area (Å²) >= 11 is 0. The molecular formula is C8H12N2. The Morgan fingerprint density at radius 2 is 1.80 bits per heavy atom. The minimum atomic E-state index is 0.769. The van der Waals surface area contributed by atoms with E-state index in [0.29, 0.717) is 0 Å². The maximum atomic E-state index is 3.96. The molecule has 0 aliphatic carbocycles. The van der Waals surface area contributed by atoms with Gasteiger partial charge < -0.3 is 0 Å². The van der Waals surface area contributed by atoms with Gasteiger partial charge in [-0.05, 0) is 19.8 Å². The molecule has 0 aromatic carbocycles. The first-order chi connectivity index (χ1) is 4.76. The predicted octanol–water partition coefficient (Wildman–Crippen LogP) is 1.17. The fourth-order valence-corrected chi connectivity index (χ4v) is 0.532. The smallest absolute Gasteiger partial charge is 0.128 e. The van der Waals surface area contributed by atoms with Crippen LogP contribution in [0.15, 0.2) is 9.98 Å². The van der Waals surface area contributed by atoms with Gasteiger partial charge in [0.1, 0.15) is 5.71 Å². The quantitative estimate of drug-likeness (QED) is 0.382. The summed E-state index contributed by atoms with van der Waals surface area (Å²) in [6.45, 7) is 3.68. The van der Waals surface area contributed by atoms with Gasteiger partial charge in [0, 0.05) is 14.1 Å². The highest BCUT2D eigenvalue weighted by Gasteiger charge is 1.94. The van der Waals surface area contributed by atoms with E-state index >= 15 is 0 Å². The zero-order valence-electron chi connectivity index (χ0n) is 6.89. The molecule has 0 heterocycles. The average molecular weight is 136 g/mol. The highest BCUT2D eigenvalue weighted by atomic mass is 14.7. The van der Waals surface area contributed by atoms with E-state index in [-0.39, 0.29) is 0 Å². The summed E-state index contributed by atoms with van der Waals surface area (Å²) in [4.78, 5) is 7.92. The van der Waals surface area contributed by atoms with Crippen molar-refractivity contribution < 1.29 is 0 Å². The van der Waals surface area contributed by atoms with Crippen molar-refractivity contribution in [1.82, 2.24) is 0 Å². The molecule has 54 valence electrons. The van der Waals surface area contributed by atoms with E-state index in [9.17, 15) is 0 Å². The second-order valence-corrected chi connectivity index (χ2v) is 1.76. The van der Waals surface area contributed by atoms with Gasteiger partial charge in [-0.15, -0.1) is 0 Å². The van der Waals surface area contributed by atoms with Crippen molar-refractivity contribution in [2.45, 2.75) is 13.8 Å². The first-order valence-electron chi connectivity index (χ1n) is 3.09. The van der Waals surface area contributed by atoms with Gasteiger partial charge in [-0.25, -0.2) is 0 Å². The molecule has 0 N–H and O–H groups in total. The molecule has 0 aromatic rings. The van der Waals surface area contributed by atoms with Crippen molar-refractivity contribution in [2.75, 3.05) is 14.1 Å². The summed E-state index contributed by atoms with van der Waals surface area (Å²) in [5.74, 6) is 5.62. The zero-order valence-corrected chi connectivity index (χ0v) is 6.89. The van der Waals surface area contributed by atoms with Gasteiger partial charge in [0.2, 0.25) is 0 Å². The summed E-state index contributed by atoms with van der Waals surface area (Å²) in [7, 11) is 3.45. The lowest BCUT2D eigenvalue weighted by Gasteiger charge is -1.92. The zero-order chi connectivity index (χ0) is 7.98.